The molecule has 3 heteroatoms. The average molecular weight is 488 g/mol. The van der Waals surface area contributed by atoms with Crippen molar-refractivity contribution in [2.45, 2.75) is 108 Å². The van der Waals surface area contributed by atoms with E-state index in [0.29, 0.717) is 22.9 Å². The van der Waals surface area contributed by atoms with Gasteiger partial charge in [0.15, 0.2) is 0 Å². The van der Waals surface area contributed by atoms with E-state index in [-0.39, 0.29) is 5.41 Å². The zero-order valence-corrected chi connectivity index (χ0v) is 23.4. The summed E-state index contributed by atoms with van der Waals surface area (Å²) in [4.78, 5) is 0. The summed E-state index contributed by atoms with van der Waals surface area (Å²) >= 11 is 0. The number of nitriles is 1. The smallest absolute Gasteiger partial charge is 0.287 e. The first-order valence-corrected chi connectivity index (χ1v) is 16.3. The molecule has 0 aliphatic heterocycles. The van der Waals surface area contributed by atoms with E-state index in [1.165, 1.54) is 75.0 Å². The highest BCUT2D eigenvalue weighted by Crippen LogP contribution is 2.50. The molecule has 35 heavy (non-hydrogen) atoms. The maximum absolute atomic E-state index is 11.0. The van der Waals surface area contributed by atoms with Crippen molar-refractivity contribution in [1.29, 1.82) is 5.26 Å². The monoisotopic (exact) mass is 487 g/mol. The van der Waals surface area contributed by atoms with Gasteiger partial charge in [0.25, 0.3) is 8.32 Å². The van der Waals surface area contributed by atoms with Crippen LogP contribution in [0.5, 0.6) is 5.75 Å². The summed E-state index contributed by atoms with van der Waals surface area (Å²) in [6, 6.07) is 22.7. The van der Waals surface area contributed by atoms with Crippen molar-refractivity contribution < 1.29 is 4.43 Å². The van der Waals surface area contributed by atoms with Crippen molar-refractivity contribution in [3.63, 3.8) is 0 Å². The summed E-state index contributed by atoms with van der Waals surface area (Å²) in [5, 5.41) is 12.4. The lowest BCUT2D eigenvalue weighted by molar-refractivity contribution is 0.147. The molecule has 0 unspecified atom stereocenters. The molecule has 0 saturated heterocycles. The van der Waals surface area contributed by atoms with E-state index in [1.807, 2.05) is 0 Å². The van der Waals surface area contributed by atoms with Crippen molar-refractivity contribution in [1.82, 2.24) is 0 Å². The molecule has 0 amide bonds. The Balaban J connectivity index is 1.85. The van der Waals surface area contributed by atoms with Gasteiger partial charge >= 0.3 is 0 Å². The predicted molar refractivity (Wildman–Crippen MR) is 150 cm³/mol. The molecule has 0 bridgehead atoms. The first-order chi connectivity index (χ1) is 16.9. The van der Waals surface area contributed by atoms with E-state index in [9.17, 15) is 5.26 Å². The van der Waals surface area contributed by atoms with Crippen LogP contribution in [-0.4, -0.2) is 8.32 Å². The van der Waals surface area contributed by atoms with Crippen molar-refractivity contribution in [2.24, 2.45) is 11.8 Å². The van der Waals surface area contributed by atoms with Gasteiger partial charge in [-0.05, 0) is 71.5 Å². The second-order valence-electron chi connectivity index (χ2n) is 11.7. The maximum atomic E-state index is 11.0. The van der Waals surface area contributed by atoms with Crippen LogP contribution in [-0.2, 0) is 5.41 Å². The molecule has 2 saturated carbocycles. The molecule has 2 aromatic rings. The average Bonchev–Trinajstić information content (AvgIpc) is 2.90. The molecule has 0 radical (unpaired) electrons. The van der Waals surface area contributed by atoms with Gasteiger partial charge in [-0.25, -0.2) is 0 Å². The molecular formula is C32H45NOSi. The zero-order valence-electron chi connectivity index (χ0n) is 22.4. The fraction of sp³-hybridized carbons (Fsp3) is 0.594. The van der Waals surface area contributed by atoms with E-state index in [1.54, 1.807) is 0 Å². The van der Waals surface area contributed by atoms with Gasteiger partial charge in [-0.3, -0.25) is 0 Å². The summed E-state index contributed by atoms with van der Waals surface area (Å²) in [5.41, 5.74) is 1.75. The number of nitrogens with zero attached hydrogens (tertiary/aromatic N) is 1. The van der Waals surface area contributed by atoms with Crippen LogP contribution in [0.15, 0.2) is 54.6 Å². The molecule has 2 fully saturated rings. The number of rotatable bonds is 8. The molecule has 0 heterocycles. The SMILES string of the molecule is CC(C)[Si](Oc1ccccc1)(c1cccc(C(C#N)(C2CCCCC2)C2CCCCC2)c1)C(C)C. The summed E-state index contributed by atoms with van der Waals surface area (Å²) in [6.45, 7) is 9.34. The van der Waals surface area contributed by atoms with Crippen molar-refractivity contribution >= 4 is 13.5 Å². The largest absolute Gasteiger partial charge is 0.538 e. The Hall–Kier alpha value is -2.05. The third-order valence-corrected chi connectivity index (χ3v) is 14.4. The Labute approximate surface area is 215 Å². The fourth-order valence-electron chi connectivity index (χ4n) is 7.50. The third kappa shape index (κ3) is 4.97. The second kappa shape index (κ2) is 11.3. The van der Waals surface area contributed by atoms with Crippen LogP contribution >= 0.6 is 0 Å². The molecule has 2 aromatic carbocycles. The number of para-hydroxylation sites is 1. The standard InChI is InChI=1S/C32H45NOSi/c1-25(2)35(26(3)4,34-30-20-12-7-13-21-30)31-22-14-19-29(23-31)32(24-33,27-15-8-5-9-16-27)28-17-10-6-11-18-28/h7,12-14,19-23,25-28H,5-6,8-11,15-18H2,1-4H3. The molecular weight excluding hydrogens is 442 g/mol. The molecule has 4 rings (SSSR count). The maximum Gasteiger partial charge on any atom is 0.287 e. The number of hydrogen-bond donors (Lipinski definition) is 0. The summed E-state index contributed by atoms with van der Waals surface area (Å²) in [7, 11) is -2.40. The minimum Gasteiger partial charge on any atom is -0.538 e. The minimum absolute atomic E-state index is 0.363. The molecule has 0 N–H and O–H groups in total. The van der Waals surface area contributed by atoms with Crippen LogP contribution in [0.25, 0.3) is 0 Å². The Morgan fingerprint density at radius 3 is 1.80 bits per heavy atom. The van der Waals surface area contributed by atoms with E-state index in [0.717, 1.165) is 5.75 Å². The number of benzene rings is 2. The van der Waals surface area contributed by atoms with Crippen LogP contribution in [0.3, 0.4) is 0 Å². The topological polar surface area (TPSA) is 33.0 Å². The van der Waals surface area contributed by atoms with Gasteiger partial charge in [0.1, 0.15) is 5.75 Å². The summed E-state index contributed by atoms with van der Waals surface area (Å²) < 4.78 is 7.06. The highest BCUT2D eigenvalue weighted by molar-refractivity contribution is 6.89. The number of hydrogen-bond acceptors (Lipinski definition) is 2. The van der Waals surface area contributed by atoms with Crippen molar-refractivity contribution in [2.75, 3.05) is 0 Å². The predicted octanol–water partition coefficient (Wildman–Crippen LogP) is 8.66. The molecule has 2 aliphatic carbocycles. The summed E-state index contributed by atoms with van der Waals surface area (Å²) in [5.74, 6) is 1.92. The van der Waals surface area contributed by atoms with Crippen LogP contribution in [0.4, 0.5) is 0 Å². The lowest BCUT2D eigenvalue weighted by Gasteiger charge is -2.46. The van der Waals surface area contributed by atoms with Crippen LogP contribution in [0.2, 0.25) is 11.1 Å². The molecule has 0 aromatic heterocycles. The Bertz CT molecular complexity index is 954. The van der Waals surface area contributed by atoms with Crippen LogP contribution < -0.4 is 9.61 Å². The highest BCUT2D eigenvalue weighted by Gasteiger charge is 2.50. The Morgan fingerprint density at radius 1 is 0.771 bits per heavy atom. The first kappa shape index (κ1) is 26.0. The Kier molecular flexibility index (Phi) is 8.43. The Morgan fingerprint density at radius 2 is 1.31 bits per heavy atom. The van der Waals surface area contributed by atoms with Gasteiger partial charge in [-0.15, -0.1) is 0 Å². The van der Waals surface area contributed by atoms with Gasteiger partial charge in [0.05, 0.1) is 11.5 Å². The highest BCUT2D eigenvalue weighted by atomic mass is 28.4. The second-order valence-corrected chi connectivity index (χ2v) is 16.4. The van der Waals surface area contributed by atoms with Gasteiger partial charge in [0.2, 0.25) is 0 Å². The fourth-order valence-corrected chi connectivity index (χ4v) is 12.0. The van der Waals surface area contributed by atoms with Crippen LogP contribution in [0.1, 0.15) is 97.5 Å². The first-order valence-electron chi connectivity index (χ1n) is 14.2. The third-order valence-electron chi connectivity index (χ3n) is 9.22. The van der Waals surface area contributed by atoms with E-state index < -0.39 is 8.32 Å². The van der Waals surface area contributed by atoms with E-state index >= 15 is 0 Å². The van der Waals surface area contributed by atoms with Gasteiger partial charge in [-0.2, -0.15) is 5.26 Å². The summed E-state index contributed by atoms with van der Waals surface area (Å²) in [6.07, 6.45) is 12.5. The lowest BCUT2D eigenvalue weighted by atomic mass is 9.56. The zero-order chi connectivity index (χ0) is 24.9. The molecule has 0 atom stereocenters. The molecule has 188 valence electrons. The normalized spacial score (nSPS) is 18.5. The minimum atomic E-state index is -2.40. The quantitative estimate of drug-likeness (QED) is 0.349. The van der Waals surface area contributed by atoms with Gasteiger partial charge in [-0.1, -0.05) is 109 Å². The van der Waals surface area contributed by atoms with Gasteiger partial charge in [0, 0.05) is 0 Å². The molecule has 2 aliphatic rings. The molecule has 0 spiro atoms. The van der Waals surface area contributed by atoms with Gasteiger partial charge < -0.3 is 4.43 Å². The van der Waals surface area contributed by atoms with Crippen LogP contribution in [0, 0.1) is 23.2 Å². The van der Waals surface area contributed by atoms with E-state index in [4.69, 9.17) is 4.43 Å². The van der Waals surface area contributed by atoms with E-state index in [2.05, 4.69) is 88.4 Å². The lowest BCUT2D eigenvalue weighted by Crippen LogP contribution is -2.59. The molecule has 2 nitrogen and oxygen atoms in total. The van der Waals surface area contributed by atoms with Crippen molar-refractivity contribution in [3.05, 3.63) is 60.2 Å². The van der Waals surface area contributed by atoms with Crippen molar-refractivity contribution in [3.8, 4) is 11.8 Å².